The molecule has 128 valence electrons. The zero-order valence-electron chi connectivity index (χ0n) is 13.7. The van der Waals surface area contributed by atoms with Gasteiger partial charge < -0.3 is 15.7 Å². The molecule has 1 fully saturated rings. The minimum absolute atomic E-state index is 0.0628. The third kappa shape index (κ3) is 5.04. The highest BCUT2D eigenvalue weighted by molar-refractivity contribution is 5.91. The zero-order chi connectivity index (χ0) is 16.9. The molecule has 0 spiro atoms. The number of nitrogens with zero attached hydrogens (tertiary/aromatic N) is 3. The number of carbonyl (C=O) groups excluding carboxylic acids is 1. The van der Waals surface area contributed by atoms with Gasteiger partial charge in [0.05, 0.1) is 19.3 Å². The molecule has 23 heavy (non-hydrogen) atoms. The lowest BCUT2D eigenvalue weighted by Gasteiger charge is -2.25. The molecule has 8 heteroatoms. The van der Waals surface area contributed by atoms with Gasteiger partial charge in [-0.3, -0.25) is 14.5 Å². The van der Waals surface area contributed by atoms with Gasteiger partial charge in [-0.2, -0.15) is 5.10 Å². The second-order valence-electron chi connectivity index (χ2n) is 6.26. The Balaban J connectivity index is 1.82. The van der Waals surface area contributed by atoms with Crippen LogP contribution in [-0.2, 0) is 16.1 Å². The Morgan fingerprint density at radius 1 is 1.48 bits per heavy atom. The van der Waals surface area contributed by atoms with E-state index in [0.717, 1.165) is 25.9 Å². The summed E-state index contributed by atoms with van der Waals surface area (Å²) in [6.45, 7) is 6.47. The first-order valence-electron chi connectivity index (χ1n) is 7.93. The maximum atomic E-state index is 12.2. The van der Waals surface area contributed by atoms with E-state index in [0.29, 0.717) is 18.9 Å². The van der Waals surface area contributed by atoms with Gasteiger partial charge in [0.25, 0.3) is 0 Å². The normalized spacial score (nSPS) is 21.5. The molecule has 1 atom stereocenters. The van der Waals surface area contributed by atoms with E-state index in [-0.39, 0.29) is 18.0 Å². The van der Waals surface area contributed by atoms with E-state index in [4.69, 9.17) is 5.11 Å². The summed E-state index contributed by atoms with van der Waals surface area (Å²) in [7, 11) is 0. The van der Waals surface area contributed by atoms with Gasteiger partial charge in [-0.25, -0.2) is 4.68 Å². The molecule has 0 aliphatic carbocycles. The van der Waals surface area contributed by atoms with Crippen molar-refractivity contribution in [1.82, 2.24) is 20.0 Å². The average molecular weight is 323 g/mol. The number of hydrogen-bond acceptors (Lipinski definition) is 5. The predicted octanol–water partition coefficient (Wildman–Crippen LogP) is 0.370. The van der Waals surface area contributed by atoms with Crippen LogP contribution in [0.15, 0.2) is 12.3 Å². The molecule has 1 aliphatic heterocycles. The first-order chi connectivity index (χ1) is 10.9. The van der Waals surface area contributed by atoms with Gasteiger partial charge in [-0.15, -0.1) is 0 Å². The number of carboxylic acids is 1. The van der Waals surface area contributed by atoms with Crippen LogP contribution in [0.3, 0.4) is 0 Å². The largest absolute Gasteiger partial charge is 0.480 e. The van der Waals surface area contributed by atoms with Crippen LogP contribution < -0.4 is 10.6 Å². The lowest BCUT2D eigenvalue weighted by Crippen LogP contribution is -2.47. The number of carboxylic acid groups (broad SMARTS) is 1. The van der Waals surface area contributed by atoms with Gasteiger partial charge in [0.2, 0.25) is 5.91 Å². The Morgan fingerprint density at radius 3 is 2.96 bits per heavy atom. The van der Waals surface area contributed by atoms with Gasteiger partial charge in [0.1, 0.15) is 5.82 Å². The van der Waals surface area contributed by atoms with E-state index < -0.39 is 5.97 Å². The summed E-state index contributed by atoms with van der Waals surface area (Å²) in [4.78, 5) is 24.9. The highest BCUT2D eigenvalue weighted by Gasteiger charge is 2.34. The fraction of sp³-hybridized carbons (Fsp3) is 0.667. The van der Waals surface area contributed by atoms with Crippen LogP contribution in [-0.4, -0.2) is 63.4 Å². The molecular formula is C15H25N5O3. The molecule has 1 aromatic heterocycles. The number of rotatable bonds is 8. The average Bonchev–Trinajstić information content (AvgIpc) is 3.05. The molecule has 0 radical (unpaired) electrons. The summed E-state index contributed by atoms with van der Waals surface area (Å²) in [5, 5.41) is 18.9. The third-order valence-electron chi connectivity index (χ3n) is 4.01. The Labute approximate surface area is 135 Å². The van der Waals surface area contributed by atoms with E-state index in [9.17, 15) is 9.59 Å². The number of aliphatic carboxylic acids is 1. The van der Waals surface area contributed by atoms with Gasteiger partial charge in [0, 0.05) is 31.2 Å². The van der Waals surface area contributed by atoms with Crippen molar-refractivity contribution >= 4 is 17.7 Å². The smallest absolute Gasteiger partial charge is 0.317 e. The Hall–Kier alpha value is -1.93. The first-order valence-corrected chi connectivity index (χ1v) is 7.93. The molecule has 2 rings (SSSR count). The number of aryl methyl sites for hydroxylation is 1. The monoisotopic (exact) mass is 323 g/mol. The Kier molecular flexibility index (Phi) is 5.73. The SMILES string of the molecule is CCCn1nccc1NC(=O)CN1CCC(C)(NCC(=O)O)C1. The Morgan fingerprint density at radius 2 is 2.26 bits per heavy atom. The summed E-state index contributed by atoms with van der Waals surface area (Å²) < 4.78 is 1.78. The van der Waals surface area contributed by atoms with Gasteiger partial charge >= 0.3 is 5.97 Å². The Bertz CT molecular complexity index is 559. The molecule has 1 saturated heterocycles. The number of likely N-dealkylation sites (tertiary alicyclic amines) is 1. The summed E-state index contributed by atoms with van der Waals surface area (Å²) in [6.07, 6.45) is 3.44. The van der Waals surface area contributed by atoms with Gasteiger partial charge in [-0.05, 0) is 19.8 Å². The minimum Gasteiger partial charge on any atom is -0.480 e. The van der Waals surface area contributed by atoms with Gasteiger partial charge in [0.15, 0.2) is 0 Å². The summed E-state index contributed by atoms with van der Waals surface area (Å²) in [6, 6.07) is 1.79. The van der Waals surface area contributed by atoms with Crippen LogP contribution in [0.4, 0.5) is 5.82 Å². The number of anilines is 1. The lowest BCUT2D eigenvalue weighted by molar-refractivity contribution is -0.136. The van der Waals surface area contributed by atoms with Crippen LogP contribution in [0.1, 0.15) is 26.7 Å². The van der Waals surface area contributed by atoms with Crippen molar-refractivity contribution in [1.29, 1.82) is 0 Å². The van der Waals surface area contributed by atoms with Crippen molar-refractivity contribution in [3.05, 3.63) is 12.3 Å². The van der Waals surface area contributed by atoms with Crippen LogP contribution in [0, 0.1) is 0 Å². The number of aromatic nitrogens is 2. The van der Waals surface area contributed by atoms with Crippen LogP contribution in [0.25, 0.3) is 0 Å². The number of carbonyl (C=O) groups is 2. The second kappa shape index (κ2) is 7.56. The van der Waals surface area contributed by atoms with E-state index in [1.807, 2.05) is 11.8 Å². The maximum absolute atomic E-state index is 12.2. The van der Waals surface area contributed by atoms with E-state index >= 15 is 0 Å². The molecule has 0 saturated carbocycles. The first kappa shape index (κ1) is 17.4. The topological polar surface area (TPSA) is 99.5 Å². The minimum atomic E-state index is -0.869. The van der Waals surface area contributed by atoms with Crippen molar-refractivity contribution < 1.29 is 14.7 Å². The van der Waals surface area contributed by atoms with Gasteiger partial charge in [-0.1, -0.05) is 6.92 Å². The van der Waals surface area contributed by atoms with Crippen LogP contribution in [0.2, 0.25) is 0 Å². The standard InChI is InChI=1S/C15H25N5O3/c1-3-7-20-12(4-6-17-20)18-13(21)10-19-8-5-15(2,11-19)16-9-14(22)23/h4,6,16H,3,5,7-11H2,1-2H3,(H,18,21)(H,22,23). The highest BCUT2D eigenvalue weighted by Crippen LogP contribution is 2.20. The van der Waals surface area contributed by atoms with E-state index in [1.165, 1.54) is 0 Å². The second-order valence-corrected chi connectivity index (χ2v) is 6.26. The number of amides is 1. The quantitative estimate of drug-likeness (QED) is 0.639. The molecular weight excluding hydrogens is 298 g/mol. The third-order valence-corrected chi connectivity index (χ3v) is 4.01. The molecule has 1 amide bonds. The summed E-state index contributed by atoms with van der Waals surface area (Å²) in [5.41, 5.74) is -0.261. The lowest BCUT2D eigenvalue weighted by atomic mass is 10.0. The predicted molar refractivity (Wildman–Crippen MR) is 86.2 cm³/mol. The van der Waals surface area contributed by atoms with Crippen LogP contribution in [0.5, 0.6) is 0 Å². The fourth-order valence-electron chi connectivity index (χ4n) is 2.84. The highest BCUT2D eigenvalue weighted by atomic mass is 16.4. The maximum Gasteiger partial charge on any atom is 0.317 e. The van der Waals surface area contributed by atoms with E-state index in [1.54, 1.807) is 16.9 Å². The fourth-order valence-corrected chi connectivity index (χ4v) is 2.84. The van der Waals surface area contributed by atoms with Crippen molar-refractivity contribution in [3.8, 4) is 0 Å². The van der Waals surface area contributed by atoms with Crippen molar-refractivity contribution in [2.75, 3.05) is 31.5 Å². The van der Waals surface area contributed by atoms with Crippen molar-refractivity contribution in [2.24, 2.45) is 0 Å². The number of hydrogen-bond donors (Lipinski definition) is 3. The molecule has 2 heterocycles. The molecule has 0 aromatic carbocycles. The van der Waals surface area contributed by atoms with Crippen LogP contribution >= 0.6 is 0 Å². The molecule has 1 unspecified atom stereocenters. The molecule has 1 aromatic rings. The summed E-state index contributed by atoms with van der Waals surface area (Å²) in [5.74, 6) is -0.236. The van der Waals surface area contributed by atoms with Crippen molar-refractivity contribution in [3.63, 3.8) is 0 Å². The molecule has 3 N–H and O–H groups in total. The van der Waals surface area contributed by atoms with E-state index in [2.05, 4.69) is 22.7 Å². The molecule has 0 bridgehead atoms. The molecule has 1 aliphatic rings. The molecule has 8 nitrogen and oxygen atoms in total. The number of nitrogens with one attached hydrogen (secondary N) is 2. The van der Waals surface area contributed by atoms with Crippen molar-refractivity contribution in [2.45, 2.75) is 38.8 Å². The zero-order valence-corrected chi connectivity index (χ0v) is 13.7. The summed E-state index contributed by atoms with van der Waals surface area (Å²) >= 11 is 0.